The minimum Gasteiger partial charge on any atom is -0.462 e. The van der Waals surface area contributed by atoms with Gasteiger partial charge in [0.1, 0.15) is 5.56 Å². The van der Waals surface area contributed by atoms with E-state index in [2.05, 4.69) is 10.1 Å². The maximum atomic E-state index is 12.7. The van der Waals surface area contributed by atoms with Crippen LogP contribution in [0.2, 0.25) is 0 Å². The molecule has 2 aromatic heterocycles. The zero-order chi connectivity index (χ0) is 23.4. The number of nitrogens with zero attached hydrogens (tertiary/aromatic N) is 2. The van der Waals surface area contributed by atoms with Gasteiger partial charge in [0.05, 0.1) is 35.8 Å². The highest BCUT2D eigenvalue weighted by Gasteiger charge is 2.25. The molecule has 0 amide bonds. The predicted octanol–water partition coefficient (Wildman–Crippen LogP) is 3.71. The molecule has 8 nitrogen and oxygen atoms in total. The number of nitrogens with one attached hydrogen (secondary N) is 1. The predicted molar refractivity (Wildman–Crippen MR) is 118 cm³/mol. The summed E-state index contributed by atoms with van der Waals surface area (Å²) in [6, 6.07) is 9.79. The molecule has 168 valence electrons. The number of carbonyl (C=O) groups excluding carboxylic acids is 3. The number of hydrogen-bond acceptors (Lipinski definition) is 6. The first kappa shape index (κ1) is 23.0. The first-order valence-corrected chi connectivity index (χ1v) is 10.4. The second kappa shape index (κ2) is 9.64. The SMILES string of the molecule is CCOC(=O)c1c(C)[nH]c(C(=O)COC(=O)c2c(C)nn(Cc3ccccc3)c2C)c1C. The van der Waals surface area contributed by atoms with E-state index in [-0.39, 0.29) is 12.3 Å². The van der Waals surface area contributed by atoms with Crippen molar-refractivity contribution in [2.24, 2.45) is 0 Å². The number of aromatic nitrogens is 3. The highest BCUT2D eigenvalue weighted by atomic mass is 16.5. The summed E-state index contributed by atoms with van der Waals surface area (Å²) in [6.07, 6.45) is 0. The molecule has 1 aromatic carbocycles. The fraction of sp³-hybridized carbons (Fsp3) is 0.333. The van der Waals surface area contributed by atoms with Crippen LogP contribution in [0, 0.1) is 27.7 Å². The number of aromatic amines is 1. The second-order valence-corrected chi connectivity index (χ2v) is 7.53. The number of rotatable bonds is 8. The highest BCUT2D eigenvalue weighted by Crippen LogP contribution is 2.20. The normalized spacial score (nSPS) is 10.8. The summed E-state index contributed by atoms with van der Waals surface area (Å²) >= 11 is 0. The van der Waals surface area contributed by atoms with Gasteiger partial charge in [-0.25, -0.2) is 9.59 Å². The Morgan fingerprint density at radius 1 is 0.969 bits per heavy atom. The smallest absolute Gasteiger partial charge is 0.342 e. The van der Waals surface area contributed by atoms with Crippen molar-refractivity contribution in [3.05, 3.63) is 75.4 Å². The standard InChI is InChI=1S/C24H27N3O5/c1-6-31-23(29)20-14(2)22(25-15(20)3)19(28)13-32-24(30)21-16(4)26-27(17(21)5)12-18-10-8-7-9-11-18/h7-11,25H,6,12-13H2,1-5H3. The Kier molecular flexibility index (Phi) is 6.92. The van der Waals surface area contributed by atoms with Gasteiger partial charge in [-0.2, -0.15) is 5.10 Å². The van der Waals surface area contributed by atoms with Crippen molar-refractivity contribution in [1.82, 2.24) is 14.8 Å². The summed E-state index contributed by atoms with van der Waals surface area (Å²) in [7, 11) is 0. The minimum atomic E-state index is -0.612. The average Bonchev–Trinajstić information content (AvgIpc) is 3.21. The van der Waals surface area contributed by atoms with Gasteiger partial charge in [0, 0.05) is 5.69 Å². The topological polar surface area (TPSA) is 103 Å². The molecule has 0 aliphatic carbocycles. The number of H-pyrrole nitrogens is 1. The molecule has 0 atom stereocenters. The van der Waals surface area contributed by atoms with Gasteiger partial charge in [0.15, 0.2) is 6.61 Å². The lowest BCUT2D eigenvalue weighted by molar-refractivity contribution is 0.0470. The number of benzene rings is 1. The van der Waals surface area contributed by atoms with Crippen LogP contribution in [0.5, 0.6) is 0 Å². The minimum absolute atomic E-state index is 0.228. The van der Waals surface area contributed by atoms with Crippen molar-refractivity contribution in [3.63, 3.8) is 0 Å². The number of ether oxygens (including phenoxy) is 2. The second-order valence-electron chi connectivity index (χ2n) is 7.53. The molecule has 3 aromatic rings. The zero-order valence-electron chi connectivity index (χ0n) is 18.9. The van der Waals surface area contributed by atoms with Crippen molar-refractivity contribution in [2.45, 2.75) is 41.2 Å². The first-order valence-electron chi connectivity index (χ1n) is 10.4. The van der Waals surface area contributed by atoms with Gasteiger partial charge in [-0.05, 0) is 45.7 Å². The van der Waals surface area contributed by atoms with Crippen LogP contribution in [0.3, 0.4) is 0 Å². The summed E-state index contributed by atoms with van der Waals surface area (Å²) in [5.74, 6) is -1.53. The lowest BCUT2D eigenvalue weighted by Gasteiger charge is -2.07. The van der Waals surface area contributed by atoms with E-state index in [1.807, 2.05) is 30.3 Å². The summed E-state index contributed by atoms with van der Waals surface area (Å²) < 4.78 is 12.1. The molecule has 0 saturated carbocycles. The summed E-state index contributed by atoms with van der Waals surface area (Å²) in [6.45, 7) is 8.90. The van der Waals surface area contributed by atoms with Crippen molar-refractivity contribution >= 4 is 17.7 Å². The molecule has 3 rings (SSSR count). The van der Waals surface area contributed by atoms with Crippen LogP contribution >= 0.6 is 0 Å². The van der Waals surface area contributed by atoms with Crippen LogP contribution in [0.15, 0.2) is 30.3 Å². The number of hydrogen-bond donors (Lipinski definition) is 1. The van der Waals surface area contributed by atoms with E-state index in [4.69, 9.17) is 9.47 Å². The molecule has 0 saturated heterocycles. The maximum absolute atomic E-state index is 12.7. The molecule has 0 aliphatic heterocycles. The van der Waals surface area contributed by atoms with Crippen LogP contribution in [0.25, 0.3) is 0 Å². The van der Waals surface area contributed by atoms with E-state index in [9.17, 15) is 14.4 Å². The van der Waals surface area contributed by atoms with E-state index in [1.165, 1.54) is 0 Å². The molecule has 0 aliphatic rings. The summed E-state index contributed by atoms with van der Waals surface area (Å²) in [5, 5.41) is 4.45. The molecular formula is C24H27N3O5. The van der Waals surface area contributed by atoms with Crippen LogP contribution in [-0.4, -0.2) is 45.7 Å². The highest BCUT2D eigenvalue weighted by molar-refractivity contribution is 6.03. The van der Waals surface area contributed by atoms with E-state index in [0.717, 1.165) is 5.56 Å². The first-order chi connectivity index (χ1) is 15.2. The van der Waals surface area contributed by atoms with Gasteiger partial charge < -0.3 is 14.5 Å². The molecule has 0 bridgehead atoms. The van der Waals surface area contributed by atoms with E-state index >= 15 is 0 Å². The van der Waals surface area contributed by atoms with E-state index in [1.54, 1.807) is 39.3 Å². The monoisotopic (exact) mass is 437 g/mol. The van der Waals surface area contributed by atoms with Gasteiger partial charge in [-0.15, -0.1) is 0 Å². The Hall–Kier alpha value is -3.68. The molecule has 0 fully saturated rings. The molecule has 1 N–H and O–H groups in total. The third-order valence-electron chi connectivity index (χ3n) is 5.29. The number of aryl methyl sites for hydroxylation is 2. The van der Waals surface area contributed by atoms with Gasteiger partial charge >= 0.3 is 11.9 Å². The van der Waals surface area contributed by atoms with Crippen LogP contribution < -0.4 is 0 Å². The molecule has 0 unspecified atom stereocenters. The Balaban J connectivity index is 1.72. The van der Waals surface area contributed by atoms with E-state index < -0.39 is 24.3 Å². The largest absolute Gasteiger partial charge is 0.462 e. The van der Waals surface area contributed by atoms with Crippen molar-refractivity contribution in [1.29, 1.82) is 0 Å². The fourth-order valence-electron chi connectivity index (χ4n) is 3.72. The van der Waals surface area contributed by atoms with E-state index in [0.29, 0.717) is 40.3 Å². The number of Topliss-reactive ketones (excluding diaryl/α,β-unsaturated/α-hetero) is 1. The quantitative estimate of drug-likeness (QED) is 0.426. The number of esters is 2. The summed E-state index contributed by atoms with van der Waals surface area (Å²) in [5.41, 5.74) is 4.17. The van der Waals surface area contributed by atoms with Crippen LogP contribution in [-0.2, 0) is 16.0 Å². The van der Waals surface area contributed by atoms with Crippen LogP contribution in [0.4, 0.5) is 0 Å². The van der Waals surface area contributed by atoms with Gasteiger partial charge in [0.2, 0.25) is 5.78 Å². The molecule has 0 radical (unpaired) electrons. The van der Waals surface area contributed by atoms with Gasteiger partial charge in [0.25, 0.3) is 0 Å². The van der Waals surface area contributed by atoms with Crippen molar-refractivity contribution in [2.75, 3.05) is 13.2 Å². The number of ketones is 1. The molecule has 2 heterocycles. The fourth-order valence-corrected chi connectivity index (χ4v) is 3.72. The maximum Gasteiger partial charge on any atom is 0.342 e. The molecular weight excluding hydrogens is 410 g/mol. The molecule has 8 heteroatoms. The average molecular weight is 437 g/mol. The van der Waals surface area contributed by atoms with Crippen LogP contribution in [0.1, 0.15) is 66.3 Å². The van der Waals surface area contributed by atoms with Gasteiger partial charge in [-0.3, -0.25) is 9.48 Å². The van der Waals surface area contributed by atoms with Crippen molar-refractivity contribution in [3.8, 4) is 0 Å². The lowest BCUT2D eigenvalue weighted by Crippen LogP contribution is -2.17. The zero-order valence-corrected chi connectivity index (χ0v) is 18.9. The third kappa shape index (κ3) is 4.64. The number of carbonyl (C=O) groups is 3. The third-order valence-corrected chi connectivity index (χ3v) is 5.29. The Labute approximate surface area is 186 Å². The Morgan fingerprint density at radius 3 is 2.28 bits per heavy atom. The molecule has 32 heavy (non-hydrogen) atoms. The Morgan fingerprint density at radius 2 is 1.62 bits per heavy atom. The van der Waals surface area contributed by atoms with Crippen molar-refractivity contribution < 1.29 is 23.9 Å². The molecule has 0 spiro atoms. The lowest BCUT2D eigenvalue weighted by atomic mass is 10.1. The summed E-state index contributed by atoms with van der Waals surface area (Å²) in [4.78, 5) is 40.5. The Bertz CT molecular complexity index is 1160. The van der Waals surface area contributed by atoms with Gasteiger partial charge in [-0.1, -0.05) is 30.3 Å².